The van der Waals surface area contributed by atoms with Crippen molar-refractivity contribution in [1.82, 2.24) is 0 Å². The van der Waals surface area contributed by atoms with Gasteiger partial charge in [-0.2, -0.15) is 0 Å². The second-order valence-electron chi connectivity index (χ2n) is 3.87. The topological polar surface area (TPSA) is 24.7 Å². The third kappa shape index (κ3) is 7.96. The van der Waals surface area contributed by atoms with Gasteiger partial charge in [0.2, 0.25) is 0 Å². The SMILES string of the molecule is CCC[C@H](C)N=CC=N[C@@H](C)CCC. The lowest BCUT2D eigenvalue weighted by molar-refractivity contribution is 0.655. The number of nitrogens with zero attached hydrogens (tertiary/aromatic N) is 2. The van der Waals surface area contributed by atoms with Gasteiger partial charge in [-0.15, -0.1) is 0 Å². The summed E-state index contributed by atoms with van der Waals surface area (Å²) >= 11 is 0. The largest absolute Gasteiger partial charge is 0.289 e. The molecule has 2 nitrogen and oxygen atoms in total. The van der Waals surface area contributed by atoms with Crippen molar-refractivity contribution in [3.8, 4) is 0 Å². The molecule has 0 unspecified atom stereocenters. The van der Waals surface area contributed by atoms with Gasteiger partial charge in [-0.1, -0.05) is 26.7 Å². The highest BCUT2D eigenvalue weighted by Crippen LogP contribution is 1.99. The number of rotatable bonds is 7. The van der Waals surface area contributed by atoms with Crippen LogP contribution >= 0.6 is 0 Å². The molecule has 0 amide bonds. The van der Waals surface area contributed by atoms with Gasteiger partial charge < -0.3 is 0 Å². The van der Waals surface area contributed by atoms with Crippen molar-refractivity contribution in [2.24, 2.45) is 9.98 Å². The first-order valence-corrected chi connectivity index (χ1v) is 5.75. The number of aliphatic imine (C=N–C) groups is 2. The second-order valence-corrected chi connectivity index (χ2v) is 3.87. The molecule has 0 radical (unpaired) electrons. The minimum Gasteiger partial charge on any atom is -0.289 e. The quantitative estimate of drug-likeness (QED) is 0.557. The summed E-state index contributed by atoms with van der Waals surface area (Å²) in [5, 5.41) is 0. The van der Waals surface area contributed by atoms with Crippen molar-refractivity contribution < 1.29 is 0 Å². The van der Waals surface area contributed by atoms with E-state index in [1.165, 1.54) is 12.8 Å². The summed E-state index contributed by atoms with van der Waals surface area (Å²) in [5.41, 5.74) is 0. The van der Waals surface area contributed by atoms with Crippen LogP contribution in [0, 0.1) is 0 Å². The van der Waals surface area contributed by atoms with E-state index in [9.17, 15) is 0 Å². The first-order valence-electron chi connectivity index (χ1n) is 5.75. The summed E-state index contributed by atoms with van der Waals surface area (Å²) in [4.78, 5) is 8.74. The Bertz CT molecular complexity index is 153. The van der Waals surface area contributed by atoms with Gasteiger partial charge in [0.05, 0.1) is 0 Å². The molecular weight excluding hydrogens is 172 g/mol. The highest BCUT2D eigenvalue weighted by molar-refractivity contribution is 6.16. The summed E-state index contributed by atoms with van der Waals surface area (Å²) in [7, 11) is 0. The molecule has 2 atom stereocenters. The van der Waals surface area contributed by atoms with Gasteiger partial charge in [0, 0.05) is 24.5 Å². The normalized spacial score (nSPS) is 16.6. The Morgan fingerprint density at radius 3 is 1.50 bits per heavy atom. The first kappa shape index (κ1) is 13.3. The van der Waals surface area contributed by atoms with Gasteiger partial charge in [0.15, 0.2) is 0 Å². The molecule has 0 fully saturated rings. The van der Waals surface area contributed by atoms with Crippen LogP contribution in [0.4, 0.5) is 0 Å². The van der Waals surface area contributed by atoms with Crippen LogP contribution in [0.15, 0.2) is 9.98 Å². The highest BCUT2D eigenvalue weighted by Gasteiger charge is 1.94. The Morgan fingerprint density at radius 1 is 0.857 bits per heavy atom. The van der Waals surface area contributed by atoms with Crippen molar-refractivity contribution in [1.29, 1.82) is 0 Å². The summed E-state index contributed by atoms with van der Waals surface area (Å²) in [5.74, 6) is 0. The van der Waals surface area contributed by atoms with Crippen LogP contribution < -0.4 is 0 Å². The van der Waals surface area contributed by atoms with Gasteiger partial charge in [-0.05, 0) is 26.7 Å². The van der Waals surface area contributed by atoms with E-state index in [1.54, 1.807) is 0 Å². The molecule has 2 heteroatoms. The highest BCUT2D eigenvalue weighted by atomic mass is 14.8. The van der Waals surface area contributed by atoms with E-state index in [0.29, 0.717) is 12.1 Å². The average molecular weight is 196 g/mol. The zero-order valence-electron chi connectivity index (χ0n) is 10.0. The Morgan fingerprint density at radius 2 is 1.21 bits per heavy atom. The Labute approximate surface area is 88.5 Å². The molecule has 0 N–H and O–H groups in total. The summed E-state index contributed by atoms with van der Waals surface area (Å²) in [6.45, 7) is 8.65. The van der Waals surface area contributed by atoms with Crippen molar-refractivity contribution in [3.63, 3.8) is 0 Å². The number of hydrogen-bond acceptors (Lipinski definition) is 2. The van der Waals surface area contributed by atoms with Crippen LogP contribution in [-0.2, 0) is 0 Å². The maximum absolute atomic E-state index is 4.37. The molecule has 0 spiro atoms. The Balaban J connectivity index is 3.68. The lowest BCUT2D eigenvalue weighted by Gasteiger charge is -2.02. The molecule has 0 aromatic heterocycles. The number of hydrogen-bond donors (Lipinski definition) is 0. The third-order valence-corrected chi connectivity index (χ3v) is 2.16. The van der Waals surface area contributed by atoms with E-state index in [-0.39, 0.29) is 0 Å². The molecular formula is C12H24N2. The summed E-state index contributed by atoms with van der Waals surface area (Å²) < 4.78 is 0. The predicted octanol–water partition coefficient (Wildman–Crippen LogP) is 3.51. The molecule has 0 aliphatic rings. The molecule has 0 saturated carbocycles. The van der Waals surface area contributed by atoms with E-state index in [4.69, 9.17) is 0 Å². The van der Waals surface area contributed by atoms with E-state index in [1.807, 2.05) is 12.4 Å². The second kappa shape index (κ2) is 8.92. The lowest BCUT2D eigenvalue weighted by atomic mass is 10.2. The van der Waals surface area contributed by atoms with Gasteiger partial charge in [-0.25, -0.2) is 0 Å². The predicted molar refractivity (Wildman–Crippen MR) is 65.7 cm³/mol. The average Bonchev–Trinajstić information content (AvgIpc) is 2.13. The van der Waals surface area contributed by atoms with Gasteiger partial charge in [-0.3, -0.25) is 9.98 Å². The Kier molecular flexibility index (Phi) is 8.50. The minimum atomic E-state index is 0.438. The zero-order chi connectivity index (χ0) is 10.8. The molecule has 0 aromatic rings. The van der Waals surface area contributed by atoms with Gasteiger partial charge in [0.1, 0.15) is 0 Å². The zero-order valence-corrected chi connectivity index (χ0v) is 10.0. The lowest BCUT2D eigenvalue weighted by Crippen LogP contribution is -1.99. The van der Waals surface area contributed by atoms with E-state index in [0.717, 1.165) is 12.8 Å². The summed E-state index contributed by atoms with van der Waals surface area (Å²) in [6.07, 6.45) is 8.40. The van der Waals surface area contributed by atoms with Crippen molar-refractivity contribution in [2.75, 3.05) is 0 Å². The standard InChI is InChI=1S/C12H24N2/c1-5-7-11(3)13-9-10-14-12(4)8-6-2/h9-12H,5-8H2,1-4H3/t11-,12-/m0/s1. The van der Waals surface area contributed by atoms with Crippen molar-refractivity contribution in [2.45, 2.75) is 65.5 Å². The summed E-state index contributed by atoms with van der Waals surface area (Å²) in [6, 6.07) is 0.876. The molecule has 0 saturated heterocycles. The monoisotopic (exact) mass is 196 g/mol. The fraction of sp³-hybridized carbons (Fsp3) is 0.833. The van der Waals surface area contributed by atoms with Gasteiger partial charge >= 0.3 is 0 Å². The van der Waals surface area contributed by atoms with Crippen LogP contribution in [0.5, 0.6) is 0 Å². The molecule has 0 aromatic carbocycles. The van der Waals surface area contributed by atoms with Crippen LogP contribution in [0.25, 0.3) is 0 Å². The maximum atomic E-state index is 4.37. The van der Waals surface area contributed by atoms with Crippen LogP contribution in [0.2, 0.25) is 0 Å². The van der Waals surface area contributed by atoms with Crippen molar-refractivity contribution in [3.05, 3.63) is 0 Å². The molecule has 0 aliphatic heterocycles. The van der Waals surface area contributed by atoms with E-state index in [2.05, 4.69) is 37.7 Å². The third-order valence-electron chi connectivity index (χ3n) is 2.16. The smallest absolute Gasteiger partial charge is 0.0472 e. The van der Waals surface area contributed by atoms with Crippen LogP contribution in [-0.4, -0.2) is 24.5 Å². The molecule has 0 aliphatic carbocycles. The first-order chi connectivity index (χ1) is 6.70. The molecule has 82 valence electrons. The maximum Gasteiger partial charge on any atom is 0.0472 e. The fourth-order valence-electron chi connectivity index (χ4n) is 1.36. The molecule has 0 heterocycles. The van der Waals surface area contributed by atoms with E-state index < -0.39 is 0 Å². The Hall–Kier alpha value is -0.660. The molecule has 0 rings (SSSR count). The van der Waals surface area contributed by atoms with Crippen LogP contribution in [0.3, 0.4) is 0 Å². The van der Waals surface area contributed by atoms with Crippen molar-refractivity contribution >= 4 is 12.4 Å². The van der Waals surface area contributed by atoms with Crippen LogP contribution in [0.1, 0.15) is 53.4 Å². The fourth-order valence-corrected chi connectivity index (χ4v) is 1.36. The van der Waals surface area contributed by atoms with Gasteiger partial charge in [0.25, 0.3) is 0 Å². The minimum absolute atomic E-state index is 0.438. The molecule has 0 bridgehead atoms. The molecule has 14 heavy (non-hydrogen) atoms. The van der Waals surface area contributed by atoms with E-state index >= 15 is 0 Å².